The molecule has 2 rings (SSSR count). The molecule has 0 radical (unpaired) electrons. The van der Waals surface area contributed by atoms with Crippen LogP contribution in [0, 0.1) is 6.92 Å². The average molecular weight is 346 g/mol. The Morgan fingerprint density at radius 3 is 2.29 bits per heavy atom. The molecule has 4 nitrogen and oxygen atoms in total. The first kappa shape index (κ1) is 18.6. The smallest absolute Gasteiger partial charge is 0.323 e. The predicted molar refractivity (Wildman–Crippen MR) is 104 cm³/mol. The number of nitrogens with zero attached hydrogens (tertiary/aromatic N) is 1. The van der Waals surface area contributed by atoms with Crippen LogP contribution in [0.4, 0.5) is 11.4 Å². The van der Waals surface area contributed by atoms with Crippen LogP contribution in [0.5, 0.6) is 0 Å². The first-order valence-electron chi connectivity index (χ1n) is 8.48. The first-order chi connectivity index (χ1) is 11.5. The Kier molecular flexibility index (Phi) is 6.47. The second-order valence-corrected chi connectivity index (χ2v) is 7.69. The van der Waals surface area contributed by atoms with Crippen molar-refractivity contribution in [2.45, 2.75) is 27.7 Å². The monoisotopic (exact) mass is 346 g/mol. The second-order valence-electron chi connectivity index (χ2n) is 5.59. The van der Waals surface area contributed by atoms with Crippen LogP contribution in [-0.4, -0.2) is 19.7 Å². The number of aryl methyl sites for hydroxylation is 1. The van der Waals surface area contributed by atoms with Crippen molar-refractivity contribution >= 4 is 24.2 Å². The molecule has 0 saturated carbocycles. The molecule has 1 atom stereocenters. The number of nitrogens with one attached hydrogen (secondary N) is 1. The van der Waals surface area contributed by atoms with E-state index in [1.807, 2.05) is 44.2 Å². The Labute approximate surface area is 145 Å². The van der Waals surface area contributed by atoms with Crippen molar-refractivity contribution in [1.29, 1.82) is 0 Å². The Balaban J connectivity index is 2.39. The summed E-state index contributed by atoms with van der Waals surface area (Å²) in [5.41, 5.74) is 3.01. The third kappa shape index (κ3) is 4.19. The zero-order valence-corrected chi connectivity index (χ0v) is 15.8. The molecule has 0 fully saturated rings. The molecule has 0 heterocycles. The van der Waals surface area contributed by atoms with Crippen molar-refractivity contribution in [2.75, 3.05) is 29.7 Å². The zero-order chi connectivity index (χ0) is 17.6. The highest BCUT2D eigenvalue weighted by atomic mass is 31.2. The largest absolute Gasteiger partial charge is 0.372 e. The van der Waals surface area contributed by atoms with Gasteiger partial charge >= 0.3 is 7.52 Å². The topological polar surface area (TPSA) is 41.6 Å². The molecule has 0 amide bonds. The van der Waals surface area contributed by atoms with Gasteiger partial charge in [0.1, 0.15) is 0 Å². The minimum atomic E-state index is -3.16. The van der Waals surface area contributed by atoms with Crippen molar-refractivity contribution in [1.82, 2.24) is 0 Å². The van der Waals surface area contributed by atoms with Crippen LogP contribution < -0.4 is 15.3 Å². The summed E-state index contributed by atoms with van der Waals surface area (Å²) in [6, 6.07) is 15.5. The minimum Gasteiger partial charge on any atom is -0.372 e. The van der Waals surface area contributed by atoms with Gasteiger partial charge in [0.05, 0.1) is 11.9 Å². The molecule has 1 unspecified atom stereocenters. The van der Waals surface area contributed by atoms with Gasteiger partial charge in [-0.3, -0.25) is 4.57 Å². The number of hydrogen-bond acceptors (Lipinski definition) is 3. The maximum absolute atomic E-state index is 13.4. The fraction of sp³-hybridized carbons (Fsp3) is 0.368. The Morgan fingerprint density at radius 2 is 1.71 bits per heavy atom. The molecule has 1 N–H and O–H groups in total. The maximum atomic E-state index is 13.4. The van der Waals surface area contributed by atoms with E-state index in [0.717, 1.165) is 30.0 Å². The molecule has 0 saturated heterocycles. The Morgan fingerprint density at radius 1 is 1.04 bits per heavy atom. The fourth-order valence-corrected chi connectivity index (χ4v) is 4.48. The standard InChI is InChI=1S/C19H27N2O2P/c1-5-21(6-2)17-14-13-16(4)19(15-17)20-24(22,23-7-3)18-11-9-8-10-12-18/h8-15H,5-7H2,1-4H3,(H,20,22). The van der Waals surface area contributed by atoms with Crippen LogP contribution in [0.2, 0.25) is 0 Å². The lowest BCUT2D eigenvalue weighted by atomic mass is 10.1. The molecule has 0 aliphatic heterocycles. The highest BCUT2D eigenvalue weighted by Crippen LogP contribution is 2.46. The van der Waals surface area contributed by atoms with Gasteiger partial charge in [0, 0.05) is 24.5 Å². The summed E-state index contributed by atoms with van der Waals surface area (Å²) < 4.78 is 19.1. The molecule has 0 bridgehead atoms. The summed E-state index contributed by atoms with van der Waals surface area (Å²) in [5, 5.41) is 3.87. The van der Waals surface area contributed by atoms with E-state index >= 15 is 0 Å². The van der Waals surface area contributed by atoms with Crippen LogP contribution >= 0.6 is 7.52 Å². The molecule has 2 aromatic rings. The van der Waals surface area contributed by atoms with Crippen LogP contribution in [0.25, 0.3) is 0 Å². The summed E-state index contributed by atoms with van der Waals surface area (Å²) in [7, 11) is -3.16. The Hall–Kier alpha value is -1.77. The van der Waals surface area contributed by atoms with E-state index in [2.05, 4.69) is 42.0 Å². The summed E-state index contributed by atoms with van der Waals surface area (Å²) >= 11 is 0. The van der Waals surface area contributed by atoms with E-state index in [9.17, 15) is 4.57 Å². The van der Waals surface area contributed by atoms with Gasteiger partial charge < -0.3 is 14.5 Å². The van der Waals surface area contributed by atoms with Gasteiger partial charge in [-0.2, -0.15) is 0 Å². The van der Waals surface area contributed by atoms with Crippen molar-refractivity contribution in [3.05, 3.63) is 54.1 Å². The lowest BCUT2D eigenvalue weighted by molar-refractivity contribution is 0.344. The van der Waals surface area contributed by atoms with E-state index in [-0.39, 0.29) is 0 Å². The lowest BCUT2D eigenvalue weighted by Gasteiger charge is -2.25. The van der Waals surface area contributed by atoms with Crippen LogP contribution in [0.3, 0.4) is 0 Å². The van der Waals surface area contributed by atoms with E-state index in [0.29, 0.717) is 11.9 Å². The van der Waals surface area contributed by atoms with Crippen LogP contribution in [0.1, 0.15) is 26.3 Å². The average Bonchev–Trinajstić information content (AvgIpc) is 2.60. The van der Waals surface area contributed by atoms with E-state index in [1.165, 1.54) is 0 Å². The molecular formula is C19H27N2O2P. The van der Waals surface area contributed by atoms with Crippen molar-refractivity contribution in [2.24, 2.45) is 0 Å². The second kappa shape index (κ2) is 8.36. The van der Waals surface area contributed by atoms with Crippen LogP contribution in [-0.2, 0) is 9.09 Å². The van der Waals surface area contributed by atoms with Gasteiger partial charge in [-0.1, -0.05) is 24.3 Å². The van der Waals surface area contributed by atoms with Gasteiger partial charge in [0.25, 0.3) is 0 Å². The fourth-order valence-electron chi connectivity index (χ4n) is 2.65. The number of anilines is 2. The van der Waals surface area contributed by atoms with Crippen molar-refractivity contribution in [3.63, 3.8) is 0 Å². The highest BCUT2D eigenvalue weighted by Gasteiger charge is 2.26. The van der Waals surface area contributed by atoms with E-state index < -0.39 is 7.52 Å². The minimum absolute atomic E-state index is 0.383. The predicted octanol–water partition coefficient (Wildman–Crippen LogP) is 4.81. The quantitative estimate of drug-likeness (QED) is 0.697. The maximum Gasteiger partial charge on any atom is 0.323 e. The number of benzene rings is 2. The highest BCUT2D eigenvalue weighted by molar-refractivity contribution is 7.68. The van der Waals surface area contributed by atoms with Crippen LogP contribution in [0.15, 0.2) is 48.5 Å². The molecule has 130 valence electrons. The van der Waals surface area contributed by atoms with E-state index in [1.54, 1.807) is 0 Å². The molecule has 2 aromatic carbocycles. The molecule has 0 aromatic heterocycles. The molecule has 5 heteroatoms. The SMILES string of the molecule is CCOP(=O)(Nc1cc(N(CC)CC)ccc1C)c1ccccc1. The summed E-state index contributed by atoms with van der Waals surface area (Å²) in [5.74, 6) is 0. The third-order valence-corrected chi connectivity index (χ3v) is 6.16. The molecule has 0 aliphatic carbocycles. The van der Waals surface area contributed by atoms with Gasteiger partial charge in [-0.15, -0.1) is 0 Å². The molecular weight excluding hydrogens is 319 g/mol. The number of hydrogen-bond donors (Lipinski definition) is 1. The summed E-state index contributed by atoms with van der Waals surface area (Å²) in [6.07, 6.45) is 0. The Bertz CT molecular complexity index is 700. The number of rotatable bonds is 8. The zero-order valence-electron chi connectivity index (χ0n) is 15.0. The van der Waals surface area contributed by atoms with Crippen molar-refractivity contribution in [3.8, 4) is 0 Å². The lowest BCUT2D eigenvalue weighted by Crippen LogP contribution is -2.22. The van der Waals surface area contributed by atoms with Gasteiger partial charge in [0.2, 0.25) is 0 Å². The molecule has 24 heavy (non-hydrogen) atoms. The third-order valence-electron chi connectivity index (χ3n) is 4.02. The van der Waals surface area contributed by atoms with Crippen molar-refractivity contribution < 1.29 is 9.09 Å². The van der Waals surface area contributed by atoms with Gasteiger partial charge in [-0.05, 0) is 57.5 Å². The molecule has 0 aliphatic rings. The van der Waals surface area contributed by atoms with Gasteiger partial charge in [0.15, 0.2) is 0 Å². The summed E-state index contributed by atoms with van der Waals surface area (Å²) in [6.45, 7) is 10.4. The normalized spacial score (nSPS) is 13.3. The van der Waals surface area contributed by atoms with Gasteiger partial charge in [-0.25, -0.2) is 0 Å². The first-order valence-corrected chi connectivity index (χ1v) is 10.1. The molecule has 0 spiro atoms. The summed E-state index contributed by atoms with van der Waals surface area (Å²) in [4.78, 5) is 2.26. The van der Waals surface area contributed by atoms with E-state index in [4.69, 9.17) is 4.52 Å².